The summed E-state index contributed by atoms with van der Waals surface area (Å²) in [5, 5.41) is 18.2. The lowest BCUT2D eigenvalue weighted by Gasteiger charge is -2.32. The third-order valence-corrected chi connectivity index (χ3v) is 5.00. The largest absolute Gasteiger partial charge is 0.505 e. The number of aromatic nitrogens is 3. The molecular formula is C19H20N4O2. The average Bonchev–Trinajstić information content (AvgIpc) is 3.17. The summed E-state index contributed by atoms with van der Waals surface area (Å²) in [6.45, 7) is 3.05. The van der Waals surface area contributed by atoms with Crippen molar-refractivity contribution in [2.75, 3.05) is 13.1 Å². The van der Waals surface area contributed by atoms with E-state index in [1.54, 1.807) is 13.1 Å². The minimum absolute atomic E-state index is 0.0145. The maximum absolute atomic E-state index is 13.1. The number of benzene rings is 1. The van der Waals surface area contributed by atoms with Gasteiger partial charge < -0.3 is 10.0 Å². The van der Waals surface area contributed by atoms with Gasteiger partial charge >= 0.3 is 0 Å². The highest BCUT2D eigenvalue weighted by Crippen LogP contribution is 2.32. The smallest absolute Gasteiger partial charge is 0.258 e. The fraction of sp³-hybridized carbons (Fsp3) is 0.316. The van der Waals surface area contributed by atoms with Gasteiger partial charge in [0.05, 0.1) is 16.8 Å². The number of nitrogens with zero attached hydrogens (tertiary/aromatic N) is 3. The second-order valence-electron chi connectivity index (χ2n) is 6.52. The van der Waals surface area contributed by atoms with Gasteiger partial charge in [0.2, 0.25) is 0 Å². The molecule has 0 saturated carbocycles. The normalized spacial score (nSPS) is 15.6. The summed E-state index contributed by atoms with van der Waals surface area (Å²) < 4.78 is 0. The number of likely N-dealkylation sites (tertiary alicyclic amines) is 1. The number of carbonyl (C=O) groups is 1. The monoisotopic (exact) mass is 336 g/mol. The number of H-pyrrole nitrogens is 1. The first-order valence-electron chi connectivity index (χ1n) is 8.52. The summed E-state index contributed by atoms with van der Waals surface area (Å²) in [5.74, 6) is 0.262. The highest BCUT2D eigenvalue weighted by Gasteiger charge is 2.28. The number of aromatic amines is 1. The molecule has 1 aliphatic rings. The van der Waals surface area contributed by atoms with Gasteiger partial charge in [-0.1, -0.05) is 18.2 Å². The van der Waals surface area contributed by atoms with Crippen LogP contribution in [0.3, 0.4) is 0 Å². The lowest BCUT2D eigenvalue weighted by Crippen LogP contribution is -2.38. The lowest BCUT2D eigenvalue weighted by molar-refractivity contribution is 0.0711. The number of aryl methyl sites for hydroxylation is 1. The summed E-state index contributed by atoms with van der Waals surface area (Å²) >= 11 is 0. The van der Waals surface area contributed by atoms with Crippen LogP contribution < -0.4 is 0 Å². The predicted molar refractivity (Wildman–Crippen MR) is 94.6 cm³/mol. The maximum Gasteiger partial charge on any atom is 0.258 e. The van der Waals surface area contributed by atoms with E-state index in [1.807, 2.05) is 35.2 Å². The molecule has 0 unspecified atom stereocenters. The van der Waals surface area contributed by atoms with Crippen molar-refractivity contribution in [2.24, 2.45) is 0 Å². The number of nitrogens with one attached hydrogen (secondary N) is 1. The Morgan fingerprint density at radius 2 is 2.00 bits per heavy atom. The third kappa shape index (κ3) is 2.73. The van der Waals surface area contributed by atoms with Crippen LogP contribution in [0.4, 0.5) is 0 Å². The van der Waals surface area contributed by atoms with Crippen molar-refractivity contribution in [2.45, 2.75) is 25.7 Å². The molecule has 0 aliphatic carbocycles. The van der Waals surface area contributed by atoms with Gasteiger partial charge in [-0.3, -0.25) is 9.89 Å². The summed E-state index contributed by atoms with van der Waals surface area (Å²) in [5.41, 5.74) is 2.70. The Morgan fingerprint density at radius 3 is 2.72 bits per heavy atom. The average molecular weight is 336 g/mol. The number of pyridine rings is 1. The van der Waals surface area contributed by atoms with Crippen LogP contribution in [0.1, 0.15) is 40.5 Å². The fourth-order valence-corrected chi connectivity index (χ4v) is 3.59. The second kappa shape index (κ2) is 6.20. The van der Waals surface area contributed by atoms with E-state index in [9.17, 15) is 9.90 Å². The van der Waals surface area contributed by atoms with E-state index in [2.05, 4.69) is 15.2 Å². The van der Waals surface area contributed by atoms with Crippen molar-refractivity contribution >= 4 is 16.8 Å². The molecule has 2 aromatic heterocycles. The number of para-hydroxylation sites is 1. The van der Waals surface area contributed by atoms with Crippen LogP contribution in [0.15, 0.2) is 36.5 Å². The second-order valence-corrected chi connectivity index (χ2v) is 6.52. The number of hydrogen-bond donors (Lipinski definition) is 2. The van der Waals surface area contributed by atoms with Gasteiger partial charge in [-0.25, -0.2) is 4.98 Å². The number of rotatable bonds is 2. The number of fused-ring (bicyclic) bond motifs is 1. The number of piperidine rings is 1. The number of hydrogen-bond acceptors (Lipinski definition) is 4. The third-order valence-electron chi connectivity index (χ3n) is 5.00. The van der Waals surface area contributed by atoms with E-state index < -0.39 is 0 Å². The molecule has 3 heterocycles. The molecule has 128 valence electrons. The van der Waals surface area contributed by atoms with Gasteiger partial charge in [-0.2, -0.15) is 5.10 Å². The summed E-state index contributed by atoms with van der Waals surface area (Å²) in [6.07, 6.45) is 3.53. The van der Waals surface area contributed by atoms with Crippen LogP contribution in [-0.2, 0) is 0 Å². The van der Waals surface area contributed by atoms with Crippen LogP contribution in [0.25, 0.3) is 10.9 Å². The van der Waals surface area contributed by atoms with E-state index in [0.717, 1.165) is 24.1 Å². The van der Waals surface area contributed by atoms with Gasteiger partial charge in [-0.05, 0) is 31.9 Å². The van der Waals surface area contributed by atoms with Gasteiger partial charge in [0.15, 0.2) is 0 Å². The minimum Gasteiger partial charge on any atom is -0.505 e. The van der Waals surface area contributed by atoms with Crippen molar-refractivity contribution < 1.29 is 9.90 Å². The molecule has 0 spiro atoms. The fourth-order valence-electron chi connectivity index (χ4n) is 3.59. The molecule has 1 fully saturated rings. The Hall–Kier alpha value is -2.89. The van der Waals surface area contributed by atoms with Gasteiger partial charge in [0, 0.05) is 36.3 Å². The number of amides is 1. The molecule has 3 aromatic rings. The topological polar surface area (TPSA) is 82.1 Å². The SMILES string of the molecule is Cc1nc2ccccc2c(C(=O)N2CCC(c3ccn[nH]3)CC2)c1O. The van der Waals surface area contributed by atoms with Crippen LogP contribution in [0.5, 0.6) is 5.75 Å². The molecule has 1 aromatic carbocycles. The summed E-state index contributed by atoms with van der Waals surface area (Å²) in [7, 11) is 0. The summed E-state index contributed by atoms with van der Waals surface area (Å²) in [4.78, 5) is 19.3. The molecule has 6 nitrogen and oxygen atoms in total. The quantitative estimate of drug-likeness (QED) is 0.754. The molecule has 25 heavy (non-hydrogen) atoms. The molecule has 1 amide bonds. The van der Waals surface area contributed by atoms with Crippen LogP contribution in [0, 0.1) is 6.92 Å². The highest BCUT2D eigenvalue weighted by atomic mass is 16.3. The molecule has 1 saturated heterocycles. The zero-order chi connectivity index (χ0) is 17.4. The Morgan fingerprint density at radius 1 is 1.24 bits per heavy atom. The maximum atomic E-state index is 13.1. The van der Waals surface area contributed by atoms with E-state index in [4.69, 9.17) is 0 Å². The lowest BCUT2D eigenvalue weighted by atomic mass is 9.93. The Balaban J connectivity index is 1.62. The van der Waals surface area contributed by atoms with Crippen LogP contribution >= 0.6 is 0 Å². The van der Waals surface area contributed by atoms with Gasteiger partial charge in [0.25, 0.3) is 5.91 Å². The molecule has 1 aliphatic heterocycles. The van der Waals surface area contributed by atoms with Crippen molar-refractivity contribution in [1.29, 1.82) is 0 Å². The highest BCUT2D eigenvalue weighted by molar-refractivity contribution is 6.08. The molecule has 4 rings (SSSR count). The van der Waals surface area contributed by atoms with Crippen molar-refractivity contribution in [3.05, 3.63) is 53.5 Å². The van der Waals surface area contributed by atoms with E-state index in [0.29, 0.717) is 35.7 Å². The molecule has 6 heteroatoms. The first kappa shape index (κ1) is 15.6. The van der Waals surface area contributed by atoms with E-state index >= 15 is 0 Å². The van der Waals surface area contributed by atoms with Gasteiger partial charge in [-0.15, -0.1) is 0 Å². The predicted octanol–water partition coefficient (Wildman–Crippen LogP) is 2.99. The molecule has 0 radical (unpaired) electrons. The first-order valence-corrected chi connectivity index (χ1v) is 8.52. The molecule has 2 N–H and O–H groups in total. The number of aromatic hydroxyl groups is 1. The summed E-state index contributed by atoms with van der Waals surface area (Å²) in [6, 6.07) is 9.44. The van der Waals surface area contributed by atoms with Crippen LogP contribution in [-0.4, -0.2) is 44.2 Å². The standard InChI is InChI=1S/C19H20N4O2/c1-12-18(24)17(14-4-2-3-5-16(14)21-12)19(25)23-10-7-13(8-11-23)15-6-9-20-22-15/h2-6,9,13,24H,7-8,10-11H2,1H3,(H,20,22). The molecule has 0 bridgehead atoms. The Bertz CT molecular complexity index is 913. The van der Waals surface area contributed by atoms with Crippen LogP contribution in [0.2, 0.25) is 0 Å². The zero-order valence-electron chi connectivity index (χ0n) is 14.1. The number of carbonyl (C=O) groups excluding carboxylic acids is 1. The van der Waals surface area contributed by atoms with Crippen molar-refractivity contribution in [1.82, 2.24) is 20.1 Å². The van der Waals surface area contributed by atoms with Crippen molar-refractivity contribution in [3.8, 4) is 5.75 Å². The molecular weight excluding hydrogens is 316 g/mol. The van der Waals surface area contributed by atoms with Crippen molar-refractivity contribution in [3.63, 3.8) is 0 Å². The molecule has 0 atom stereocenters. The Kier molecular flexibility index (Phi) is 3.87. The Labute approximate surface area is 145 Å². The van der Waals surface area contributed by atoms with Gasteiger partial charge in [0.1, 0.15) is 5.75 Å². The van der Waals surface area contributed by atoms with E-state index in [1.165, 1.54) is 0 Å². The van der Waals surface area contributed by atoms with E-state index in [-0.39, 0.29) is 11.7 Å². The minimum atomic E-state index is -0.123. The zero-order valence-corrected chi connectivity index (χ0v) is 14.1. The first-order chi connectivity index (χ1) is 12.1.